The van der Waals surface area contributed by atoms with Crippen LogP contribution in [0.25, 0.3) is 0 Å². The van der Waals surface area contributed by atoms with E-state index in [1.165, 1.54) is 5.56 Å². The van der Waals surface area contributed by atoms with Gasteiger partial charge in [-0.1, -0.05) is 24.3 Å². The van der Waals surface area contributed by atoms with Crippen molar-refractivity contribution in [2.24, 2.45) is 0 Å². The van der Waals surface area contributed by atoms with Crippen molar-refractivity contribution in [3.8, 4) is 0 Å². The maximum Gasteiger partial charge on any atom is 0.0949 e. The number of imidazole rings is 1. The van der Waals surface area contributed by atoms with Crippen LogP contribution in [-0.2, 0) is 6.54 Å². The van der Waals surface area contributed by atoms with Crippen LogP contribution < -0.4 is 0 Å². The van der Waals surface area contributed by atoms with E-state index in [9.17, 15) is 5.11 Å². The van der Waals surface area contributed by atoms with Crippen molar-refractivity contribution in [3.05, 3.63) is 54.1 Å². The number of hydrogen-bond acceptors (Lipinski definition) is 2. The molecule has 0 saturated heterocycles. The number of benzene rings is 1. The van der Waals surface area contributed by atoms with E-state index in [0.29, 0.717) is 0 Å². The molecule has 1 N–H and O–H groups in total. The molecule has 0 aliphatic heterocycles. The van der Waals surface area contributed by atoms with E-state index in [1.807, 2.05) is 35.0 Å². The van der Waals surface area contributed by atoms with Crippen LogP contribution in [0, 0.1) is 0 Å². The molecule has 1 aromatic carbocycles. The Morgan fingerprint density at radius 3 is 2.60 bits per heavy atom. The minimum atomic E-state index is -0.396. The summed E-state index contributed by atoms with van der Waals surface area (Å²) in [5.74, 6) is 0. The number of aliphatic hydroxyl groups is 1. The van der Waals surface area contributed by atoms with Gasteiger partial charge in [0.1, 0.15) is 0 Å². The van der Waals surface area contributed by atoms with Gasteiger partial charge in [-0.2, -0.15) is 0 Å². The summed E-state index contributed by atoms with van der Waals surface area (Å²) >= 11 is 0. The summed E-state index contributed by atoms with van der Waals surface area (Å²) < 4.78 is 2.01. The molecule has 0 radical (unpaired) electrons. The molecule has 1 aromatic heterocycles. The first-order chi connectivity index (χ1) is 7.25. The average molecular weight is 202 g/mol. The standard InChI is InChI=1S/C12H14N2O/c1-10(15)12-4-2-11(3-5-12)8-14-7-6-13-9-14/h2-7,9-10,15H,8H2,1H3/t10-/m1/s1. The van der Waals surface area contributed by atoms with Crippen molar-refractivity contribution in [2.45, 2.75) is 19.6 Å². The van der Waals surface area contributed by atoms with E-state index in [-0.39, 0.29) is 0 Å². The summed E-state index contributed by atoms with van der Waals surface area (Å²) in [6.45, 7) is 2.59. The molecule has 0 bridgehead atoms. The highest BCUT2D eigenvalue weighted by atomic mass is 16.3. The van der Waals surface area contributed by atoms with E-state index >= 15 is 0 Å². The minimum Gasteiger partial charge on any atom is -0.389 e. The second-order valence-electron chi connectivity index (χ2n) is 3.65. The first-order valence-corrected chi connectivity index (χ1v) is 4.98. The normalized spacial score (nSPS) is 12.7. The average Bonchev–Trinajstić information content (AvgIpc) is 2.71. The van der Waals surface area contributed by atoms with Gasteiger partial charge in [-0.05, 0) is 18.1 Å². The van der Waals surface area contributed by atoms with Gasteiger partial charge in [-0.3, -0.25) is 0 Å². The molecule has 1 heterocycles. The monoisotopic (exact) mass is 202 g/mol. The van der Waals surface area contributed by atoms with Gasteiger partial charge in [-0.25, -0.2) is 4.98 Å². The Hall–Kier alpha value is -1.61. The Morgan fingerprint density at radius 2 is 2.07 bits per heavy atom. The van der Waals surface area contributed by atoms with Crippen molar-refractivity contribution >= 4 is 0 Å². The molecule has 2 rings (SSSR count). The summed E-state index contributed by atoms with van der Waals surface area (Å²) in [6.07, 6.45) is 5.10. The highest BCUT2D eigenvalue weighted by molar-refractivity contribution is 5.24. The summed E-state index contributed by atoms with van der Waals surface area (Å²) in [6, 6.07) is 7.97. The second-order valence-corrected chi connectivity index (χ2v) is 3.65. The predicted octanol–water partition coefficient (Wildman–Crippen LogP) is 1.98. The molecule has 1 atom stereocenters. The zero-order valence-corrected chi connectivity index (χ0v) is 8.67. The van der Waals surface area contributed by atoms with E-state index in [1.54, 1.807) is 19.4 Å². The zero-order valence-electron chi connectivity index (χ0n) is 8.67. The van der Waals surface area contributed by atoms with Crippen LogP contribution in [-0.4, -0.2) is 14.7 Å². The summed E-state index contributed by atoms with van der Waals surface area (Å²) in [5.41, 5.74) is 2.15. The highest BCUT2D eigenvalue weighted by Crippen LogP contribution is 2.13. The Bertz CT molecular complexity index is 404. The lowest BCUT2D eigenvalue weighted by Gasteiger charge is -2.06. The van der Waals surface area contributed by atoms with Crippen molar-refractivity contribution in [1.29, 1.82) is 0 Å². The molecule has 0 amide bonds. The Labute approximate surface area is 89.0 Å². The molecule has 0 aliphatic rings. The van der Waals surface area contributed by atoms with Gasteiger partial charge >= 0.3 is 0 Å². The van der Waals surface area contributed by atoms with Gasteiger partial charge in [0.05, 0.1) is 12.4 Å². The Kier molecular flexibility index (Phi) is 2.83. The third-order valence-corrected chi connectivity index (χ3v) is 2.39. The molecule has 15 heavy (non-hydrogen) atoms. The van der Waals surface area contributed by atoms with Gasteiger partial charge in [0, 0.05) is 18.9 Å². The largest absolute Gasteiger partial charge is 0.389 e. The third kappa shape index (κ3) is 2.44. The fourth-order valence-corrected chi connectivity index (χ4v) is 1.49. The van der Waals surface area contributed by atoms with Crippen LogP contribution in [0.5, 0.6) is 0 Å². The Morgan fingerprint density at radius 1 is 1.33 bits per heavy atom. The summed E-state index contributed by atoms with van der Waals surface area (Å²) in [4.78, 5) is 3.99. The van der Waals surface area contributed by atoms with E-state index < -0.39 is 6.10 Å². The maximum atomic E-state index is 9.36. The number of hydrogen-bond donors (Lipinski definition) is 1. The molecule has 0 unspecified atom stereocenters. The van der Waals surface area contributed by atoms with Crippen molar-refractivity contribution in [1.82, 2.24) is 9.55 Å². The van der Waals surface area contributed by atoms with Crippen molar-refractivity contribution < 1.29 is 5.11 Å². The zero-order chi connectivity index (χ0) is 10.7. The number of nitrogens with zero attached hydrogens (tertiary/aromatic N) is 2. The minimum absolute atomic E-state index is 0.396. The smallest absolute Gasteiger partial charge is 0.0949 e. The summed E-state index contributed by atoms with van der Waals surface area (Å²) in [7, 11) is 0. The quantitative estimate of drug-likeness (QED) is 0.826. The van der Waals surface area contributed by atoms with Crippen molar-refractivity contribution in [2.75, 3.05) is 0 Å². The van der Waals surface area contributed by atoms with Gasteiger partial charge in [0.15, 0.2) is 0 Å². The second kappa shape index (κ2) is 4.28. The van der Waals surface area contributed by atoms with E-state index in [4.69, 9.17) is 0 Å². The van der Waals surface area contributed by atoms with Crippen LogP contribution in [0.1, 0.15) is 24.2 Å². The van der Waals surface area contributed by atoms with Gasteiger partial charge in [0.25, 0.3) is 0 Å². The van der Waals surface area contributed by atoms with Gasteiger partial charge in [0.2, 0.25) is 0 Å². The predicted molar refractivity (Wildman–Crippen MR) is 58.4 cm³/mol. The molecule has 78 valence electrons. The first-order valence-electron chi connectivity index (χ1n) is 4.98. The van der Waals surface area contributed by atoms with E-state index in [2.05, 4.69) is 4.98 Å². The van der Waals surface area contributed by atoms with Gasteiger partial charge in [-0.15, -0.1) is 0 Å². The summed E-state index contributed by atoms with van der Waals surface area (Å²) in [5, 5.41) is 9.36. The van der Waals surface area contributed by atoms with Crippen LogP contribution in [0.15, 0.2) is 43.0 Å². The number of aromatic nitrogens is 2. The number of rotatable bonds is 3. The molecular weight excluding hydrogens is 188 g/mol. The molecule has 0 spiro atoms. The van der Waals surface area contributed by atoms with Crippen LogP contribution >= 0.6 is 0 Å². The molecular formula is C12H14N2O. The molecule has 2 aromatic rings. The SMILES string of the molecule is C[C@@H](O)c1ccc(Cn2ccnc2)cc1. The van der Waals surface area contributed by atoms with Crippen molar-refractivity contribution in [3.63, 3.8) is 0 Å². The lowest BCUT2D eigenvalue weighted by atomic mass is 10.1. The topological polar surface area (TPSA) is 38.0 Å². The third-order valence-electron chi connectivity index (χ3n) is 2.39. The lowest BCUT2D eigenvalue weighted by molar-refractivity contribution is 0.199. The van der Waals surface area contributed by atoms with Crippen LogP contribution in [0.3, 0.4) is 0 Å². The highest BCUT2D eigenvalue weighted by Gasteiger charge is 2.00. The van der Waals surface area contributed by atoms with Gasteiger partial charge < -0.3 is 9.67 Å². The first kappa shape index (κ1) is 9.93. The molecule has 0 fully saturated rings. The van der Waals surface area contributed by atoms with Crippen LogP contribution in [0.4, 0.5) is 0 Å². The molecule has 0 saturated carbocycles. The van der Waals surface area contributed by atoms with E-state index in [0.717, 1.165) is 12.1 Å². The molecule has 3 heteroatoms. The molecule has 0 aliphatic carbocycles. The maximum absolute atomic E-state index is 9.36. The fraction of sp³-hybridized carbons (Fsp3) is 0.250. The molecule has 3 nitrogen and oxygen atoms in total. The number of aliphatic hydroxyl groups excluding tert-OH is 1. The fourth-order valence-electron chi connectivity index (χ4n) is 1.49. The van der Waals surface area contributed by atoms with Crippen LogP contribution in [0.2, 0.25) is 0 Å². The Balaban J connectivity index is 2.11. The lowest BCUT2D eigenvalue weighted by Crippen LogP contribution is -1.97.